The van der Waals surface area contributed by atoms with Gasteiger partial charge in [-0.3, -0.25) is 0 Å². The average molecular weight is 197 g/mol. The second kappa shape index (κ2) is 4.65. The first kappa shape index (κ1) is 12.0. The Bertz CT molecular complexity index is 169. The fourth-order valence-electron chi connectivity index (χ4n) is 2.75. The molecular formula is C13H27N. The van der Waals surface area contributed by atoms with E-state index in [1.54, 1.807) is 0 Å². The van der Waals surface area contributed by atoms with E-state index in [4.69, 9.17) is 0 Å². The Balaban J connectivity index is 2.48. The molecule has 0 spiro atoms. The summed E-state index contributed by atoms with van der Waals surface area (Å²) in [5, 5.41) is 3.44. The van der Waals surface area contributed by atoms with Gasteiger partial charge in [0.2, 0.25) is 0 Å². The van der Waals surface area contributed by atoms with E-state index in [0.717, 1.165) is 17.9 Å². The molecule has 0 aromatic heterocycles. The second-order valence-corrected chi connectivity index (χ2v) is 6.30. The number of nitrogens with one attached hydrogen (secondary N) is 1. The van der Waals surface area contributed by atoms with E-state index in [0.29, 0.717) is 5.41 Å². The van der Waals surface area contributed by atoms with Gasteiger partial charge in [0.15, 0.2) is 0 Å². The normalized spacial score (nSPS) is 34.5. The zero-order valence-electron chi connectivity index (χ0n) is 10.6. The van der Waals surface area contributed by atoms with Crippen LogP contribution in [0.4, 0.5) is 0 Å². The predicted octanol–water partition coefficient (Wildman–Crippen LogP) is 3.45. The van der Waals surface area contributed by atoms with Gasteiger partial charge in [0, 0.05) is 6.04 Å². The SMILES string of the molecule is CNC1CCC(C)C(CC(C)(C)C)C1. The highest BCUT2D eigenvalue weighted by Gasteiger charge is 2.29. The first-order valence-electron chi connectivity index (χ1n) is 6.09. The molecular weight excluding hydrogens is 170 g/mol. The molecule has 1 rings (SSSR count). The van der Waals surface area contributed by atoms with Crippen LogP contribution in [0.5, 0.6) is 0 Å². The van der Waals surface area contributed by atoms with E-state index in [1.807, 2.05) is 0 Å². The molecule has 1 heteroatoms. The minimum atomic E-state index is 0.495. The van der Waals surface area contributed by atoms with Crippen molar-refractivity contribution in [3.05, 3.63) is 0 Å². The van der Waals surface area contributed by atoms with Crippen molar-refractivity contribution in [3.8, 4) is 0 Å². The third-order valence-corrected chi connectivity index (χ3v) is 3.65. The van der Waals surface area contributed by atoms with Gasteiger partial charge in [-0.05, 0) is 50.0 Å². The van der Waals surface area contributed by atoms with Gasteiger partial charge in [0.1, 0.15) is 0 Å². The topological polar surface area (TPSA) is 12.0 Å². The molecule has 0 radical (unpaired) electrons. The third-order valence-electron chi connectivity index (χ3n) is 3.65. The molecule has 0 aromatic rings. The molecule has 1 saturated carbocycles. The first-order valence-corrected chi connectivity index (χ1v) is 6.09. The molecule has 1 nitrogen and oxygen atoms in total. The fraction of sp³-hybridized carbons (Fsp3) is 1.00. The van der Waals surface area contributed by atoms with E-state index in [1.165, 1.54) is 25.7 Å². The molecule has 84 valence electrons. The predicted molar refractivity (Wildman–Crippen MR) is 63.4 cm³/mol. The van der Waals surface area contributed by atoms with Crippen LogP contribution in [0.3, 0.4) is 0 Å². The van der Waals surface area contributed by atoms with Crippen LogP contribution in [0.2, 0.25) is 0 Å². The van der Waals surface area contributed by atoms with Crippen molar-refractivity contribution >= 4 is 0 Å². The summed E-state index contributed by atoms with van der Waals surface area (Å²) in [4.78, 5) is 0. The molecule has 1 aliphatic rings. The van der Waals surface area contributed by atoms with Crippen molar-refractivity contribution in [2.24, 2.45) is 17.3 Å². The second-order valence-electron chi connectivity index (χ2n) is 6.30. The van der Waals surface area contributed by atoms with Crippen molar-refractivity contribution in [2.75, 3.05) is 7.05 Å². The van der Waals surface area contributed by atoms with Gasteiger partial charge in [-0.25, -0.2) is 0 Å². The lowest BCUT2D eigenvalue weighted by molar-refractivity contribution is 0.157. The van der Waals surface area contributed by atoms with E-state index in [9.17, 15) is 0 Å². The van der Waals surface area contributed by atoms with Crippen LogP contribution in [0, 0.1) is 17.3 Å². The monoisotopic (exact) mass is 197 g/mol. The fourth-order valence-corrected chi connectivity index (χ4v) is 2.75. The highest BCUT2D eigenvalue weighted by atomic mass is 14.9. The zero-order chi connectivity index (χ0) is 10.8. The maximum absolute atomic E-state index is 3.44. The third kappa shape index (κ3) is 3.61. The molecule has 1 fully saturated rings. The van der Waals surface area contributed by atoms with Gasteiger partial charge in [0.05, 0.1) is 0 Å². The minimum Gasteiger partial charge on any atom is -0.317 e. The lowest BCUT2D eigenvalue weighted by atomic mass is 9.71. The Hall–Kier alpha value is -0.0400. The van der Waals surface area contributed by atoms with Gasteiger partial charge < -0.3 is 5.32 Å². The molecule has 0 saturated heterocycles. The maximum Gasteiger partial charge on any atom is 0.00669 e. The summed E-state index contributed by atoms with van der Waals surface area (Å²) in [5.74, 6) is 1.86. The first-order chi connectivity index (χ1) is 6.42. The van der Waals surface area contributed by atoms with Gasteiger partial charge in [0.25, 0.3) is 0 Å². The molecule has 1 N–H and O–H groups in total. The lowest BCUT2D eigenvalue weighted by Gasteiger charge is -2.37. The average Bonchev–Trinajstić information content (AvgIpc) is 2.06. The largest absolute Gasteiger partial charge is 0.317 e. The summed E-state index contributed by atoms with van der Waals surface area (Å²) >= 11 is 0. The molecule has 0 aromatic carbocycles. The summed E-state index contributed by atoms with van der Waals surface area (Å²) in [7, 11) is 2.11. The maximum atomic E-state index is 3.44. The Morgan fingerprint density at radius 2 is 1.86 bits per heavy atom. The van der Waals surface area contributed by atoms with Gasteiger partial charge in [-0.2, -0.15) is 0 Å². The molecule has 14 heavy (non-hydrogen) atoms. The molecule has 1 aliphatic carbocycles. The molecule has 3 atom stereocenters. The summed E-state index contributed by atoms with van der Waals surface area (Å²) in [6, 6.07) is 0.776. The van der Waals surface area contributed by atoms with Crippen LogP contribution < -0.4 is 5.32 Å². The minimum absolute atomic E-state index is 0.495. The highest BCUT2D eigenvalue weighted by molar-refractivity contribution is 4.83. The smallest absolute Gasteiger partial charge is 0.00669 e. The molecule has 0 amide bonds. The number of hydrogen-bond acceptors (Lipinski definition) is 1. The summed E-state index contributed by atoms with van der Waals surface area (Å²) in [5.41, 5.74) is 0.495. The number of hydrogen-bond donors (Lipinski definition) is 1. The van der Waals surface area contributed by atoms with E-state index in [-0.39, 0.29) is 0 Å². The van der Waals surface area contributed by atoms with Crippen LogP contribution >= 0.6 is 0 Å². The molecule has 0 bridgehead atoms. The van der Waals surface area contributed by atoms with Crippen LogP contribution in [-0.4, -0.2) is 13.1 Å². The molecule has 0 heterocycles. The Morgan fingerprint density at radius 3 is 2.36 bits per heavy atom. The van der Waals surface area contributed by atoms with Gasteiger partial charge in [-0.1, -0.05) is 27.7 Å². The summed E-state index contributed by atoms with van der Waals surface area (Å²) in [6.45, 7) is 9.52. The van der Waals surface area contributed by atoms with Crippen LogP contribution in [0.1, 0.15) is 53.4 Å². The van der Waals surface area contributed by atoms with Crippen molar-refractivity contribution in [1.29, 1.82) is 0 Å². The van der Waals surface area contributed by atoms with E-state index in [2.05, 4.69) is 40.1 Å². The highest BCUT2D eigenvalue weighted by Crippen LogP contribution is 2.37. The Morgan fingerprint density at radius 1 is 1.21 bits per heavy atom. The van der Waals surface area contributed by atoms with Gasteiger partial charge >= 0.3 is 0 Å². The van der Waals surface area contributed by atoms with Crippen LogP contribution in [-0.2, 0) is 0 Å². The lowest BCUT2D eigenvalue weighted by Crippen LogP contribution is -2.36. The standard InChI is InChI=1S/C13H27N/c1-10-6-7-12(14-5)8-11(10)9-13(2,3)4/h10-12,14H,6-9H2,1-5H3. The van der Waals surface area contributed by atoms with E-state index >= 15 is 0 Å². The van der Waals surface area contributed by atoms with E-state index < -0.39 is 0 Å². The van der Waals surface area contributed by atoms with Crippen LogP contribution in [0.25, 0.3) is 0 Å². The summed E-state index contributed by atoms with van der Waals surface area (Å²) < 4.78 is 0. The Kier molecular flexibility index (Phi) is 4.00. The molecule has 3 unspecified atom stereocenters. The van der Waals surface area contributed by atoms with Crippen molar-refractivity contribution < 1.29 is 0 Å². The molecule has 0 aliphatic heterocycles. The van der Waals surface area contributed by atoms with Gasteiger partial charge in [-0.15, -0.1) is 0 Å². The zero-order valence-corrected chi connectivity index (χ0v) is 10.6. The van der Waals surface area contributed by atoms with Crippen LogP contribution in [0.15, 0.2) is 0 Å². The van der Waals surface area contributed by atoms with Crippen molar-refractivity contribution in [3.63, 3.8) is 0 Å². The van der Waals surface area contributed by atoms with Crippen molar-refractivity contribution in [1.82, 2.24) is 5.32 Å². The van der Waals surface area contributed by atoms with Crippen molar-refractivity contribution in [2.45, 2.75) is 59.4 Å². The number of rotatable bonds is 2. The quantitative estimate of drug-likeness (QED) is 0.715. The summed E-state index contributed by atoms with van der Waals surface area (Å²) in [6.07, 6.45) is 5.55. The Labute approximate surface area is 89.7 Å².